The maximum atomic E-state index is 5.82. The van der Waals surface area contributed by atoms with Gasteiger partial charge < -0.3 is 4.74 Å². The summed E-state index contributed by atoms with van der Waals surface area (Å²) in [4.78, 5) is 0. The first-order valence-electron chi connectivity index (χ1n) is 6.84. The molecule has 0 fully saturated rings. The highest BCUT2D eigenvalue weighted by molar-refractivity contribution is 9.09. The molecular formula is C16H25BrO. The van der Waals surface area contributed by atoms with Crippen LogP contribution in [-0.4, -0.2) is 11.9 Å². The van der Waals surface area contributed by atoms with Crippen molar-refractivity contribution >= 4 is 15.9 Å². The van der Waals surface area contributed by atoms with E-state index in [9.17, 15) is 0 Å². The van der Waals surface area contributed by atoms with Gasteiger partial charge in [0, 0.05) is 5.33 Å². The molecule has 0 saturated heterocycles. The molecule has 1 unspecified atom stereocenters. The normalized spacial score (nSPS) is 12.8. The van der Waals surface area contributed by atoms with Crippen molar-refractivity contribution in [3.63, 3.8) is 0 Å². The second-order valence-electron chi connectivity index (χ2n) is 5.39. The van der Waals surface area contributed by atoms with E-state index in [1.165, 1.54) is 17.5 Å². The molecular weight excluding hydrogens is 288 g/mol. The van der Waals surface area contributed by atoms with Crippen molar-refractivity contribution in [3.05, 3.63) is 29.3 Å². The molecule has 1 aromatic rings. The Morgan fingerprint density at radius 3 is 2.44 bits per heavy atom. The van der Waals surface area contributed by atoms with Crippen LogP contribution >= 0.6 is 15.9 Å². The molecule has 0 heterocycles. The molecule has 1 nitrogen and oxygen atoms in total. The smallest absolute Gasteiger partial charge is 0.119 e. The van der Waals surface area contributed by atoms with E-state index >= 15 is 0 Å². The average molecular weight is 313 g/mol. The highest BCUT2D eigenvalue weighted by Crippen LogP contribution is 2.23. The number of aryl methyl sites for hydroxylation is 1. The summed E-state index contributed by atoms with van der Waals surface area (Å²) in [5.41, 5.74) is 2.74. The first-order valence-corrected chi connectivity index (χ1v) is 7.96. The second kappa shape index (κ2) is 7.83. The molecule has 0 aromatic heterocycles. The van der Waals surface area contributed by atoms with Crippen molar-refractivity contribution < 1.29 is 4.74 Å². The van der Waals surface area contributed by atoms with Crippen LogP contribution in [-0.2, 0) is 0 Å². The van der Waals surface area contributed by atoms with Crippen LogP contribution in [0.3, 0.4) is 0 Å². The zero-order chi connectivity index (χ0) is 13.5. The summed E-state index contributed by atoms with van der Waals surface area (Å²) < 4.78 is 5.82. The average Bonchev–Trinajstić information content (AvgIpc) is 2.29. The van der Waals surface area contributed by atoms with E-state index in [1.54, 1.807) is 0 Å². The molecule has 2 heteroatoms. The first kappa shape index (κ1) is 15.6. The Hall–Kier alpha value is -0.500. The predicted molar refractivity (Wildman–Crippen MR) is 83.0 cm³/mol. The molecule has 1 aromatic carbocycles. The van der Waals surface area contributed by atoms with Gasteiger partial charge in [-0.1, -0.05) is 42.8 Å². The largest absolute Gasteiger partial charge is 0.494 e. The molecule has 0 amide bonds. The maximum absolute atomic E-state index is 5.82. The summed E-state index contributed by atoms with van der Waals surface area (Å²) in [5, 5.41) is 1.08. The van der Waals surface area contributed by atoms with Crippen LogP contribution in [0.1, 0.15) is 50.7 Å². The summed E-state index contributed by atoms with van der Waals surface area (Å²) in [6, 6.07) is 6.44. The number of benzene rings is 1. The third-order valence-corrected chi connectivity index (χ3v) is 3.80. The topological polar surface area (TPSA) is 9.23 Å². The van der Waals surface area contributed by atoms with E-state index in [2.05, 4.69) is 61.8 Å². The fraction of sp³-hybridized carbons (Fsp3) is 0.625. The number of halogens is 1. The van der Waals surface area contributed by atoms with Crippen LogP contribution < -0.4 is 4.74 Å². The lowest BCUT2D eigenvalue weighted by molar-refractivity contribution is 0.282. The highest BCUT2D eigenvalue weighted by atomic mass is 79.9. The molecule has 0 N–H and O–H groups in total. The van der Waals surface area contributed by atoms with Crippen LogP contribution in [0.4, 0.5) is 0 Å². The SMILES string of the molecule is Cc1cc(OCCC(C)CCBr)ccc1C(C)C. The summed E-state index contributed by atoms with van der Waals surface area (Å²) in [6.07, 6.45) is 2.34. The third-order valence-electron chi connectivity index (χ3n) is 3.34. The maximum Gasteiger partial charge on any atom is 0.119 e. The quantitative estimate of drug-likeness (QED) is 0.620. The second-order valence-corrected chi connectivity index (χ2v) is 6.19. The van der Waals surface area contributed by atoms with Gasteiger partial charge in [-0.3, -0.25) is 0 Å². The third kappa shape index (κ3) is 5.01. The number of ether oxygens (including phenoxy) is 1. The van der Waals surface area contributed by atoms with Crippen LogP contribution in [0.2, 0.25) is 0 Å². The summed E-state index contributed by atoms with van der Waals surface area (Å²) in [7, 11) is 0. The van der Waals surface area contributed by atoms with E-state index in [0.29, 0.717) is 5.92 Å². The van der Waals surface area contributed by atoms with E-state index in [4.69, 9.17) is 4.74 Å². The molecule has 1 atom stereocenters. The molecule has 0 spiro atoms. The van der Waals surface area contributed by atoms with Gasteiger partial charge in [-0.05, 0) is 54.9 Å². The summed E-state index contributed by atoms with van der Waals surface area (Å²) in [6.45, 7) is 9.71. The Kier molecular flexibility index (Phi) is 6.77. The van der Waals surface area contributed by atoms with Gasteiger partial charge in [0.1, 0.15) is 5.75 Å². The van der Waals surface area contributed by atoms with Gasteiger partial charge in [-0.15, -0.1) is 0 Å². The van der Waals surface area contributed by atoms with Crippen molar-refractivity contribution in [3.8, 4) is 5.75 Å². The molecule has 0 aliphatic heterocycles. The number of hydrogen-bond acceptors (Lipinski definition) is 1. The monoisotopic (exact) mass is 312 g/mol. The van der Waals surface area contributed by atoms with Crippen molar-refractivity contribution in [2.24, 2.45) is 5.92 Å². The fourth-order valence-electron chi connectivity index (χ4n) is 2.09. The van der Waals surface area contributed by atoms with E-state index in [0.717, 1.165) is 30.0 Å². The zero-order valence-corrected chi connectivity index (χ0v) is 13.6. The van der Waals surface area contributed by atoms with Gasteiger partial charge in [0.25, 0.3) is 0 Å². The Bertz CT molecular complexity index is 360. The lowest BCUT2D eigenvalue weighted by Gasteiger charge is -2.14. The van der Waals surface area contributed by atoms with Crippen molar-refractivity contribution in [2.75, 3.05) is 11.9 Å². The molecule has 0 aliphatic rings. The number of alkyl halides is 1. The van der Waals surface area contributed by atoms with E-state index in [-0.39, 0.29) is 0 Å². The molecule has 18 heavy (non-hydrogen) atoms. The summed E-state index contributed by atoms with van der Waals surface area (Å²) >= 11 is 3.48. The van der Waals surface area contributed by atoms with E-state index in [1.807, 2.05) is 0 Å². The zero-order valence-electron chi connectivity index (χ0n) is 12.0. The molecule has 1 rings (SSSR count). The minimum absolute atomic E-state index is 0.581. The van der Waals surface area contributed by atoms with Gasteiger partial charge in [-0.25, -0.2) is 0 Å². The van der Waals surface area contributed by atoms with Crippen LogP contribution in [0.15, 0.2) is 18.2 Å². The first-order chi connectivity index (χ1) is 8.54. The Balaban J connectivity index is 2.46. The van der Waals surface area contributed by atoms with Gasteiger partial charge >= 0.3 is 0 Å². The van der Waals surface area contributed by atoms with Crippen molar-refractivity contribution in [1.29, 1.82) is 0 Å². The van der Waals surface area contributed by atoms with Crippen LogP contribution in [0, 0.1) is 12.8 Å². The highest BCUT2D eigenvalue weighted by Gasteiger charge is 2.05. The van der Waals surface area contributed by atoms with Gasteiger partial charge in [0.15, 0.2) is 0 Å². The van der Waals surface area contributed by atoms with Crippen molar-refractivity contribution in [2.45, 2.75) is 46.5 Å². The Morgan fingerprint density at radius 2 is 1.89 bits per heavy atom. The molecule has 102 valence electrons. The van der Waals surface area contributed by atoms with Crippen LogP contribution in [0.25, 0.3) is 0 Å². The molecule has 0 bridgehead atoms. The number of rotatable bonds is 7. The molecule has 0 radical (unpaired) electrons. The Morgan fingerprint density at radius 1 is 1.17 bits per heavy atom. The lowest BCUT2D eigenvalue weighted by atomic mass is 9.98. The van der Waals surface area contributed by atoms with E-state index < -0.39 is 0 Å². The fourth-order valence-corrected chi connectivity index (χ4v) is 2.88. The van der Waals surface area contributed by atoms with Gasteiger partial charge in [-0.2, -0.15) is 0 Å². The number of hydrogen-bond donors (Lipinski definition) is 0. The Labute approximate surface area is 120 Å². The van der Waals surface area contributed by atoms with Crippen molar-refractivity contribution in [1.82, 2.24) is 0 Å². The van der Waals surface area contributed by atoms with Gasteiger partial charge in [0.05, 0.1) is 6.61 Å². The minimum Gasteiger partial charge on any atom is -0.494 e. The molecule has 0 aliphatic carbocycles. The lowest BCUT2D eigenvalue weighted by Crippen LogP contribution is -2.05. The minimum atomic E-state index is 0.581. The summed E-state index contributed by atoms with van der Waals surface area (Å²) in [5.74, 6) is 2.31. The van der Waals surface area contributed by atoms with Crippen LogP contribution in [0.5, 0.6) is 5.75 Å². The molecule has 0 saturated carbocycles. The predicted octanol–water partition coefficient (Wildman–Crippen LogP) is 5.31. The standard InChI is InChI=1S/C16H25BrO/c1-12(2)16-6-5-15(11-14(16)4)18-10-8-13(3)7-9-17/h5-6,11-13H,7-10H2,1-4H3. The van der Waals surface area contributed by atoms with Gasteiger partial charge in [0.2, 0.25) is 0 Å².